The maximum Gasteiger partial charge on any atom is 0.106 e. The van der Waals surface area contributed by atoms with E-state index in [1.54, 1.807) is 5.57 Å². The third kappa shape index (κ3) is 5.41. The number of benzene rings is 3. The second kappa shape index (κ2) is 11.2. The van der Waals surface area contributed by atoms with E-state index < -0.39 is 0 Å². The quantitative estimate of drug-likeness (QED) is 0.325. The lowest BCUT2D eigenvalue weighted by Crippen LogP contribution is -2.08. The summed E-state index contributed by atoms with van der Waals surface area (Å²) in [5.41, 5.74) is 15.8. The molecule has 1 saturated carbocycles. The average Bonchev–Trinajstić information content (AvgIpc) is 3.66. The van der Waals surface area contributed by atoms with Gasteiger partial charge < -0.3 is 15.4 Å². The second-order valence-electron chi connectivity index (χ2n) is 9.20. The van der Waals surface area contributed by atoms with Gasteiger partial charge in [0.1, 0.15) is 6.79 Å². The first-order valence-corrected chi connectivity index (χ1v) is 12.4. The second-order valence-corrected chi connectivity index (χ2v) is 9.20. The molecule has 0 bridgehead atoms. The van der Waals surface area contributed by atoms with Crippen molar-refractivity contribution in [3.63, 3.8) is 0 Å². The van der Waals surface area contributed by atoms with Crippen LogP contribution < -0.4 is 10.6 Å². The number of carbonyl (C=O) groups excluding carboxylic acids is 1. The molecule has 5 rings (SSSR count). The number of fused-ring (bicyclic) bond motifs is 2. The van der Waals surface area contributed by atoms with Gasteiger partial charge in [-0.15, -0.1) is 0 Å². The van der Waals surface area contributed by atoms with Gasteiger partial charge in [0.25, 0.3) is 0 Å². The molecule has 0 aromatic heterocycles. The van der Waals surface area contributed by atoms with Gasteiger partial charge in [-0.2, -0.15) is 0 Å². The molecule has 3 nitrogen and oxygen atoms in total. The molecule has 0 amide bonds. The number of rotatable bonds is 3. The van der Waals surface area contributed by atoms with Crippen LogP contribution in [-0.2, 0) is 11.2 Å². The van der Waals surface area contributed by atoms with E-state index in [-0.39, 0.29) is 0 Å². The topological polar surface area (TPSA) is 41.1 Å². The fourth-order valence-corrected chi connectivity index (χ4v) is 4.36. The van der Waals surface area contributed by atoms with Crippen LogP contribution in [0.2, 0.25) is 0 Å². The van der Waals surface area contributed by atoms with Crippen LogP contribution in [0.5, 0.6) is 0 Å². The molecule has 1 aliphatic carbocycles. The van der Waals surface area contributed by atoms with Crippen LogP contribution in [0.4, 0.5) is 22.7 Å². The Hall–Kier alpha value is -3.33. The Morgan fingerprint density at radius 1 is 0.794 bits per heavy atom. The summed E-state index contributed by atoms with van der Waals surface area (Å²) in [6.45, 7) is 15.0. The molecule has 2 N–H and O–H groups in total. The number of anilines is 4. The Balaban J connectivity index is 0.000000603. The maximum absolute atomic E-state index is 8.00. The van der Waals surface area contributed by atoms with Crippen LogP contribution >= 0.6 is 0 Å². The molecule has 3 heteroatoms. The van der Waals surface area contributed by atoms with Gasteiger partial charge in [-0.3, -0.25) is 0 Å². The van der Waals surface area contributed by atoms with Gasteiger partial charge >= 0.3 is 0 Å². The number of hydrogen-bond donors (Lipinski definition) is 2. The number of aryl methyl sites for hydroxylation is 4. The van der Waals surface area contributed by atoms with E-state index in [4.69, 9.17) is 4.79 Å². The monoisotopic (exact) mass is 454 g/mol. The third-order valence-electron chi connectivity index (χ3n) is 6.17. The molecule has 3 aromatic rings. The van der Waals surface area contributed by atoms with E-state index in [0.717, 1.165) is 6.42 Å². The summed E-state index contributed by atoms with van der Waals surface area (Å²) in [4.78, 5) is 8.00. The molecular formula is C31H38N2O. The Kier molecular flexibility index (Phi) is 8.33. The first kappa shape index (κ1) is 25.3. The van der Waals surface area contributed by atoms with Crippen molar-refractivity contribution >= 4 is 35.1 Å². The predicted octanol–water partition coefficient (Wildman–Crippen LogP) is 8.80. The van der Waals surface area contributed by atoms with Gasteiger partial charge in [0.05, 0.1) is 0 Å². The van der Waals surface area contributed by atoms with Crippen LogP contribution in [0.15, 0.2) is 54.1 Å². The molecule has 3 aromatic carbocycles. The van der Waals surface area contributed by atoms with Crippen LogP contribution in [-0.4, -0.2) is 6.79 Å². The zero-order valence-corrected chi connectivity index (χ0v) is 21.6. The number of carbonyl (C=O) groups is 1. The molecule has 0 unspecified atom stereocenters. The number of nitrogens with one attached hydrogen (secondary N) is 2. The summed E-state index contributed by atoms with van der Waals surface area (Å²) < 4.78 is 0. The summed E-state index contributed by atoms with van der Waals surface area (Å²) in [6.07, 6.45) is 4.76. The Morgan fingerprint density at radius 3 is 2.06 bits per heavy atom. The highest BCUT2D eigenvalue weighted by atomic mass is 16.1. The minimum absolute atomic E-state index is 1.07. The highest BCUT2D eigenvalue weighted by Gasteiger charge is 2.28. The number of allylic oxidation sites excluding steroid dienone is 1. The van der Waals surface area contributed by atoms with Crippen molar-refractivity contribution < 1.29 is 4.79 Å². The molecule has 1 fully saturated rings. The first-order chi connectivity index (χ1) is 16.4. The molecule has 1 aliphatic heterocycles. The molecule has 0 radical (unpaired) electrons. The summed E-state index contributed by atoms with van der Waals surface area (Å²) in [5.74, 6) is 0. The Bertz CT molecular complexity index is 1200. The molecule has 0 spiro atoms. The molecule has 178 valence electrons. The summed E-state index contributed by atoms with van der Waals surface area (Å²) in [7, 11) is 0. The fraction of sp³-hybridized carbons (Fsp3) is 0.323. The van der Waals surface area contributed by atoms with Crippen molar-refractivity contribution in [2.24, 2.45) is 0 Å². The van der Waals surface area contributed by atoms with Crippen molar-refractivity contribution in [3.8, 4) is 0 Å². The smallest absolute Gasteiger partial charge is 0.106 e. The van der Waals surface area contributed by atoms with E-state index in [9.17, 15) is 0 Å². The fourth-order valence-electron chi connectivity index (χ4n) is 4.36. The highest BCUT2D eigenvalue weighted by Crippen LogP contribution is 2.49. The van der Waals surface area contributed by atoms with E-state index in [1.807, 2.05) is 6.79 Å². The Labute approximate surface area is 205 Å². The normalized spacial score (nSPS) is 12.8. The van der Waals surface area contributed by atoms with E-state index in [0.29, 0.717) is 0 Å². The van der Waals surface area contributed by atoms with Gasteiger partial charge in [0.15, 0.2) is 0 Å². The van der Waals surface area contributed by atoms with Crippen molar-refractivity contribution in [2.45, 2.75) is 67.2 Å². The predicted molar refractivity (Wildman–Crippen MR) is 148 cm³/mol. The lowest BCUT2D eigenvalue weighted by molar-refractivity contribution is -0.0979. The van der Waals surface area contributed by atoms with Gasteiger partial charge in [-0.05, 0) is 92.6 Å². The zero-order chi connectivity index (χ0) is 24.8. The van der Waals surface area contributed by atoms with Crippen LogP contribution in [0.25, 0.3) is 5.57 Å². The van der Waals surface area contributed by atoms with Gasteiger partial charge in [0.2, 0.25) is 0 Å². The molecule has 0 saturated heterocycles. The van der Waals surface area contributed by atoms with E-state index >= 15 is 0 Å². The van der Waals surface area contributed by atoms with Crippen molar-refractivity contribution in [1.82, 2.24) is 0 Å². The molecule has 1 heterocycles. The zero-order valence-electron chi connectivity index (χ0n) is 21.6. The highest BCUT2D eigenvalue weighted by molar-refractivity contribution is 6.00. The first-order valence-electron chi connectivity index (χ1n) is 12.4. The van der Waals surface area contributed by atoms with E-state index in [2.05, 4.69) is 101 Å². The Morgan fingerprint density at radius 2 is 1.44 bits per heavy atom. The SMILES string of the molecule is C=O.CCC.CCc1ccc2c(c1)C(=C1CC1)c1cc(Nc3ccc(C)cc3C)c(C)cc1N2. The van der Waals surface area contributed by atoms with Gasteiger partial charge in [-0.1, -0.05) is 56.5 Å². The lowest BCUT2D eigenvalue weighted by Gasteiger charge is -2.27. The summed E-state index contributed by atoms with van der Waals surface area (Å²) >= 11 is 0. The number of hydrogen-bond acceptors (Lipinski definition) is 3. The van der Waals surface area contributed by atoms with Crippen molar-refractivity contribution in [2.75, 3.05) is 10.6 Å². The molecular weight excluding hydrogens is 416 g/mol. The average molecular weight is 455 g/mol. The van der Waals surface area contributed by atoms with Crippen LogP contribution in [0.1, 0.15) is 73.4 Å². The van der Waals surface area contributed by atoms with Gasteiger partial charge in [0, 0.05) is 33.9 Å². The van der Waals surface area contributed by atoms with Crippen LogP contribution in [0, 0.1) is 20.8 Å². The third-order valence-corrected chi connectivity index (χ3v) is 6.17. The van der Waals surface area contributed by atoms with Crippen LogP contribution in [0.3, 0.4) is 0 Å². The van der Waals surface area contributed by atoms with E-state index in [1.165, 1.54) is 81.0 Å². The molecule has 34 heavy (non-hydrogen) atoms. The lowest BCUT2D eigenvalue weighted by atomic mass is 9.88. The minimum Gasteiger partial charge on any atom is -0.355 e. The van der Waals surface area contributed by atoms with Crippen molar-refractivity contribution in [1.29, 1.82) is 0 Å². The summed E-state index contributed by atoms with van der Waals surface area (Å²) in [5, 5.41) is 7.39. The minimum atomic E-state index is 1.07. The van der Waals surface area contributed by atoms with Gasteiger partial charge in [-0.25, -0.2) is 0 Å². The largest absolute Gasteiger partial charge is 0.355 e. The molecule has 0 atom stereocenters. The summed E-state index contributed by atoms with van der Waals surface area (Å²) in [6, 6.07) is 18.1. The maximum atomic E-state index is 8.00. The molecule has 2 aliphatic rings. The standard InChI is InChI=1S/C27H28N2.C3H8.CH2O/c1-5-19-7-11-24-21(14-19)27(20-8-9-20)22-15-25(18(4)13-26(22)29-24)28-23-10-6-16(2)12-17(23)3;1-3-2;1-2/h6-7,10-15,28-29H,5,8-9H2,1-4H3;3H2,1-2H3;1H2. The van der Waals surface area contributed by atoms with Crippen molar-refractivity contribution in [3.05, 3.63) is 87.5 Å².